The molecule has 0 N–H and O–H groups in total. The molecule has 7 aromatic rings. The monoisotopic (exact) mass is 498 g/mol. The molecule has 1 aliphatic carbocycles. The zero-order chi connectivity index (χ0) is 26.1. The van der Waals surface area contributed by atoms with Gasteiger partial charge in [-0.15, -0.1) is 0 Å². The molecule has 0 saturated carbocycles. The van der Waals surface area contributed by atoms with Gasteiger partial charge in [0.25, 0.3) is 0 Å². The summed E-state index contributed by atoms with van der Waals surface area (Å²) in [6, 6.07) is 43.4. The van der Waals surface area contributed by atoms with Crippen molar-refractivity contribution in [2.75, 3.05) is 0 Å². The van der Waals surface area contributed by atoms with Crippen LogP contribution < -0.4 is 0 Å². The summed E-state index contributed by atoms with van der Waals surface area (Å²) >= 11 is 0. The van der Waals surface area contributed by atoms with E-state index in [2.05, 4.69) is 129 Å². The Bertz CT molecular complexity index is 2090. The van der Waals surface area contributed by atoms with Crippen molar-refractivity contribution in [1.82, 2.24) is 9.97 Å². The first kappa shape index (κ1) is 22.2. The van der Waals surface area contributed by atoms with E-state index < -0.39 is 0 Å². The number of benzene rings is 6. The van der Waals surface area contributed by atoms with Crippen LogP contribution in [0.15, 0.2) is 121 Å². The summed E-state index contributed by atoms with van der Waals surface area (Å²) in [6.07, 6.45) is 0. The van der Waals surface area contributed by atoms with Crippen molar-refractivity contribution in [2.24, 2.45) is 0 Å². The van der Waals surface area contributed by atoms with Gasteiger partial charge in [0, 0.05) is 21.9 Å². The fourth-order valence-electron chi connectivity index (χ4n) is 6.38. The minimum Gasteiger partial charge on any atom is -0.244 e. The highest BCUT2D eigenvalue weighted by atomic mass is 14.8. The van der Waals surface area contributed by atoms with E-state index in [0.717, 1.165) is 38.9 Å². The maximum atomic E-state index is 5.33. The zero-order valence-corrected chi connectivity index (χ0v) is 21.9. The molecular formula is C37H26N2. The third-order valence-corrected chi connectivity index (χ3v) is 8.42. The molecule has 2 heteroatoms. The minimum atomic E-state index is -0.00978. The Labute approximate surface area is 227 Å². The van der Waals surface area contributed by atoms with Crippen molar-refractivity contribution in [3.8, 4) is 33.6 Å². The summed E-state index contributed by atoms with van der Waals surface area (Å²) in [7, 11) is 0. The first-order chi connectivity index (χ1) is 19.1. The number of fused-ring (bicyclic) bond motifs is 7. The minimum absolute atomic E-state index is 0.00978. The lowest BCUT2D eigenvalue weighted by Gasteiger charge is -2.21. The molecular weight excluding hydrogens is 472 g/mol. The van der Waals surface area contributed by atoms with Crippen molar-refractivity contribution in [3.63, 3.8) is 0 Å². The second kappa shape index (κ2) is 8.09. The number of rotatable bonds is 2. The molecule has 0 atom stereocenters. The molecule has 0 amide bonds. The Morgan fingerprint density at radius 2 is 1.23 bits per heavy atom. The van der Waals surface area contributed by atoms with Crippen LogP contribution in [0.3, 0.4) is 0 Å². The fourth-order valence-corrected chi connectivity index (χ4v) is 6.38. The van der Waals surface area contributed by atoms with Gasteiger partial charge in [-0.3, -0.25) is 0 Å². The Hall–Kier alpha value is -4.82. The van der Waals surface area contributed by atoms with Crippen molar-refractivity contribution in [1.29, 1.82) is 0 Å². The topological polar surface area (TPSA) is 25.8 Å². The van der Waals surface area contributed by atoms with Gasteiger partial charge in [-0.25, -0.2) is 9.97 Å². The van der Waals surface area contributed by atoms with Gasteiger partial charge in [-0.1, -0.05) is 111 Å². The smallest absolute Gasteiger partial charge is 0.0973 e. The summed E-state index contributed by atoms with van der Waals surface area (Å²) in [5, 5.41) is 4.77. The zero-order valence-electron chi connectivity index (χ0n) is 21.9. The van der Waals surface area contributed by atoms with Gasteiger partial charge in [0.1, 0.15) is 0 Å². The number of nitrogens with zero attached hydrogens (tertiary/aromatic N) is 2. The van der Waals surface area contributed by atoms with E-state index in [1.807, 2.05) is 6.07 Å². The Morgan fingerprint density at radius 1 is 0.487 bits per heavy atom. The molecule has 0 spiro atoms. The van der Waals surface area contributed by atoms with E-state index in [1.165, 1.54) is 38.4 Å². The molecule has 184 valence electrons. The Kier molecular flexibility index (Phi) is 4.60. The molecule has 6 aromatic carbocycles. The molecule has 8 rings (SSSR count). The van der Waals surface area contributed by atoms with E-state index in [4.69, 9.17) is 9.97 Å². The molecule has 0 radical (unpaired) electrons. The van der Waals surface area contributed by atoms with Crippen molar-refractivity contribution < 1.29 is 0 Å². The summed E-state index contributed by atoms with van der Waals surface area (Å²) in [5.74, 6) is 0. The van der Waals surface area contributed by atoms with Crippen LogP contribution in [0, 0.1) is 0 Å². The lowest BCUT2D eigenvalue weighted by atomic mass is 9.82. The van der Waals surface area contributed by atoms with Crippen LogP contribution in [0.1, 0.15) is 25.0 Å². The Morgan fingerprint density at radius 3 is 2.13 bits per heavy atom. The van der Waals surface area contributed by atoms with Gasteiger partial charge in [0.05, 0.1) is 22.4 Å². The van der Waals surface area contributed by atoms with E-state index >= 15 is 0 Å². The van der Waals surface area contributed by atoms with Gasteiger partial charge in [-0.05, 0) is 62.7 Å². The molecule has 0 aliphatic heterocycles. The average molecular weight is 499 g/mol. The molecule has 1 aliphatic rings. The maximum absolute atomic E-state index is 5.33. The van der Waals surface area contributed by atoms with Crippen molar-refractivity contribution in [2.45, 2.75) is 19.3 Å². The van der Waals surface area contributed by atoms with Crippen LogP contribution in [-0.2, 0) is 5.41 Å². The SMILES string of the molecule is CC1(C)c2ccccc2-c2cc3cc(-c4nc5c(ccc6ccccc65)nc4-c4ccccc4)ccc3cc21. The summed E-state index contributed by atoms with van der Waals surface area (Å²) in [5.41, 5.74) is 11.3. The van der Waals surface area contributed by atoms with Crippen LogP contribution in [-0.4, -0.2) is 9.97 Å². The van der Waals surface area contributed by atoms with Crippen LogP contribution in [0.25, 0.3) is 66.2 Å². The summed E-state index contributed by atoms with van der Waals surface area (Å²) < 4.78 is 0. The highest BCUT2D eigenvalue weighted by Gasteiger charge is 2.35. The molecule has 0 unspecified atom stereocenters. The molecule has 0 saturated heterocycles. The first-order valence-electron chi connectivity index (χ1n) is 13.5. The predicted octanol–water partition coefficient (Wildman–Crippen LogP) is 9.58. The average Bonchev–Trinajstić information content (AvgIpc) is 3.21. The van der Waals surface area contributed by atoms with Gasteiger partial charge < -0.3 is 0 Å². The van der Waals surface area contributed by atoms with Gasteiger partial charge in [0.2, 0.25) is 0 Å². The highest BCUT2D eigenvalue weighted by Crippen LogP contribution is 2.50. The van der Waals surface area contributed by atoms with Crippen LogP contribution in [0.2, 0.25) is 0 Å². The molecule has 1 heterocycles. The number of hydrogen-bond acceptors (Lipinski definition) is 2. The Balaban J connectivity index is 1.40. The van der Waals surface area contributed by atoms with E-state index in [-0.39, 0.29) is 5.41 Å². The van der Waals surface area contributed by atoms with Crippen molar-refractivity contribution in [3.05, 3.63) is 132 Å². The molecule has 2 nitrogen and oxygen atoms in total. The first-order valence-corrected chi connectivity index (χ1v) is 13.5. The van der Waals surface area contributed by atoms with Gasteiger partial charge in [0.15, 0.2) is 0 Å². The third-order valence-electron chi connectivity index (χ3n) is 8.42. The van der Waals surface area contributed by atoms with Gasteiger partial charge in [-0.2, -0.15) is 0 Å². The van der Waals surface area contributed by atoms with Crippen LogP contribution in [0.5, 0.6) is 0 Å². The van der Waals surface area contributed by atoms with Crippen LogP contribution in [0.4, 0.5) is 0 Å². The molecule has 1 aromatic heterocycles. The van der Waals surface area contributed by atoms with Crippen LogP contribution >= 0.6 is 0 Å². The normalized spacial score (nSPS) is 13.6. The lowest BCUT2D eigenvalue weighted by Crippen LogP contribution is -2.14. The molecule has 39 heavy (non-hydrogen) atoms. The second-order valence-electron chi connectivity index (χ2n) is 11.1. The largest absolute Gasteiger partial charge is 0.244 e. The van der Waals surface area contributed by atoms with E-state index in [0.29, 0.717) is 0 Å². The summed E-state index contributed by atoms with van der Waals surface area (Å²) in [4.78, 5) is 10.5. The second-order valence-corrected chi connectivity index (χ2v) is 11.1. The van der Waals surface area contributed by atoms with Crippen molar-refractivity contribution >= 4 is 32.6 Å². The fraction of sp³-hybridized carbons (Fsp3) is 0.0811. The lowest BCUT2D eigenvalue weighted by molar-refractivity contribution is 0.661. The molecule has 0 bridgehead atoms. The standard InChI is InChI=1S/C37H26N2/c1-37(2)31-15-9-8-14-29(31)30-21-27-20-26(17-16-25(27)22-32(30)37)35-34(24-11-4-3-5-12-24)38-33-19-18-23-10-6-7-13-28(23)36(33)39-35/h3-22H,1-2H3. The van der Waals surface area contributed by atoms with E-state index in [1.54, 1.807) is 0 Å². The highest BCUT2D eigenvalue weighted by molar-refractivity contribution is 6.05. The summed E-state index contributed by atoms with van der Waals surface area (Å²) in [6.45, 7) is 4.66. The maximum Gasteiger partial charge on any atom is 0.0973 e. The van der Waals surface area contributed by atoms with E-state index in [9.17, 15) is 0 Å². The van der Waals surface area contributed by atoms with Gasteiger partial charge >= 0.3 is 0 Å². The number of aromatic nitrogens is 2. The predicted molar refractivity (Wildman–Crippen MR) is 163 cm³/mol. The quantitative estimate of drug-likeness (QED) is 0.222. The molecule has 0 fully saturated rings. The number of hydrogen-bond donors (Lipinski definition) is 0. The third kappa shape index (κ3) is 3.28.